The van der Waals surface area contributed by atoms with Gasteiger partial charge in [0, 0.05) is 0 Å². The molecule has 0 fully saturated rings. The molecule has 1 unspecified atom stereocenters. The minimum absolute atomic E-state index is 0.0939. The maximum absolute atomic E-state index is 11.7. The van der Waals surface area contributed by atoms with Gasteiger partial charge in [-0.3, -0.25) is 0 Å². The van der Waals surface area contributed by atoms with E-state index in [-0.39, 0.29) is 32.7 Å². The number of alkyl halides is 2. The van der Waals surface area contributed by atoms with E-state index in [1.54, 1.807) is 0 Å². The molecule has 2 N–H and O–H groups in total. The van der Waals surface area contributed by atoms with Gasteiger partial charge in [0.15, 0.2) is 0 Å². The number of rotatable bonds is 7. The van der Waals surface area contributed by atoms with Gasteiger partial charge in [-0.05, 0) is 0 Å². The van der Waals surface area contributed by atoms with Crippen LogP contribution in [0.4, 0.5) is 0 Å². The molecule has 0 radical (unpaired) electrons. The molecule has 0 aromatic carbocycles. The summed E-state index contributed by atoms with van der Waals surface area (Å²) in [4.78, 5) is 14.0. The van der Waals surface area contributed by atoms with Crippen molar-refractivity contribution in [1.29, 1.82) is 0 Å². The van der Waals surface area contributed by atoms with E-state index in [0.29, 0.717) is 16.8 Å². The average molecular weight is 356 g/mol. The summed E-state index contributed by atoms with van der Waals surface area (Å²) in [5.41, 5.74) is 5.17. The molecule has 0 aromatic heterocycles. The molecule has 17 heavy (non-hydrogen) atoms. The summed E-state index contributed by atoms with van der Waals surface area (Å²) in [6.07, 6.45) is 2.15. The Morgan fingerprint density at radius 3 is 2.29 bits per heavy atom. The normalized spacial score (nSPS) is 14.8. The molecule has 0 bridgehead atoms. The van der Waals surface area contributed by atoms with Gasteiger partial charge >= 0.3 is 116 Å². The van der Waals surface area contributed by atoms with Crippen molar-refractivity contribution in [3.8, 4) is 0 Å². The van der Waals surface area contributed by atoms with E-state index in [1.165, 1.54) is 0 Å². The molecule has 0 saturated heterocycles. The number of esters is 1. The molecule has 0 spiro atoms. The molecule has 0 aliphatic carbocycles. The number of hydrogen-bond acceptors (Lipinski definition) is 3. The number of hydrogen-bond donors (Lipinski definition) is 1. The Morgan fingerprint density at radius 1 is 1.35 bits per heavy atom. The molecule has 0 aliphatic heterocycles. The fourth-order valence-corrected chi connectivity index (χ4v) is 2.85. The Morgan fingerprint density at radius 2 is 1.88 bits per heavy atom. The topological polar surface area (TPSA) is 52.3 Å². The van der Waals surface area contributed by atoms with Crippen LogP contribution in [-0.4, -0.2) is 26.0 Å². The van der Waals surface area contributed by atoms with E-state index < -0.39 is 5.60 Å². The standard InChI is InChI=1S/C13H27INO2/c1-10(14-6)7-8-11(16)17-13(4,5)9-12(2,3)15/h10H,7-9,15H2,1-6H3/q-1. The van der Waals surface area contributed by atoms with Gasteiger partial charge in [0.05, 0.1) is 0 Å². The Hall–Kier alpha value is 0.160. The van der Waals surface area contributed by atoms with Gasteiger partial charge in [-0.2, -0.15) is 0 Å². The van der Waals surface area contributed by atoms with Crippen LogP contribution in [0.2, 0.25) is 0 Å². The van der Waals surface area contributed by atoms with Gasteiger partial charge in [-0.25, -0.2) is 0 Å². The summed E-state index contributed by atoms with van der Waals surface area (Å²) in [6.45, 7) is 9.96. The van der Waals surface area contributed by atoms with E-state index >= 15 is 0 Å². The van der Waals surface area contributed by atoms with Gasteiger partial charge in [0.25, 0.3) is 0 Å². The van der Waals surface area contributed by atoms with E-state index in [9.17, 15) is 4.79 Å². The summed E-state index contributed by atoms with van der Waals surface area (Å²) >= 11 is 0.228. The van der Waals surface area contributed by atoms with Gasteiger partial charge in [0.2, 0.25) is 0 Å². The quantitative estimate of drug-likeness (QED) is 0.374. The van der Waals surface area contributed by atoms with Gasteiger partial charge < -0.3 is 0 Å². The van der Waals surface area contributed by atoms with Crippen LogP contribution < -0.4 is 26.9 Å². The predicted octanol–water partition coefficient (Wildman–Crippen LogP) is -0.677. The molecule has 0 amide bonds. The molecule has 3 nitrogen and oxygen atoms in total. The van der Waals surface area contributed by atoms with E-state index in [4.69, 9.17) is 10.5 Å². The van der Waals surface area contributed by atoms with Crippen molar-refractivity contribution < 1.29 is 30.7 Å². The first kappa shape index (κ1) is 17.2. The van der Waals surface area contributed by atoms with Crippen molar-refractivity contribution in [3.05, 3.63) is 0 Å². The predicted molar refractivity (Wildman–Crippen MR) is 67.7 cm³/mol. The summed E-state index contributed by atoms with van der Waals surface area (Å²) < 4.78 is 6.19. The van der Waals surface area contributed by atoms with Gasteiger partial charge in [-0.1, -0.05) is 0 Å². The Bertz CT molecular complexity index is 246. The van der Waals surface area contributed by atoms with E-state index in [1.807, 2.05) is 27.7 Å². The number of carbonyl (C=O) groups excluding carboxylic acids is 1. The van der Waals surface area contributed by atoms with Crippen molar-refractivity contribution >= 4 is 5.97 Å². The van der Waals surface area contributed by atoms with Crippen LogP contribution in [0.15, 0.2) is 0 Å². The molecular formula is C13H27INO2-. The molecule has 104 valence electrons. The van der Waals surface area contributed by atoms with Crippen LogP contribution in [0.1, 0.15) is 53.9 Å². The zero-order valence-electron chi connectivity index (χ0n) is 12.0. The Labute approximate surface area is 116 Å². The average Bonchev–Trinajstić information content (AvgIpc) is 2.09. The number of nitrogens with two attached hydrogens (primary N) is 1. The van der Waals surface area contributed by atoms with Crippen molar-refractivity contribution in [2.75, 3.05) is 4.93 Å². The zero-order valence-corrected chi connectivity index (χ0v) is 14.1. The second-order valence-electron chi connectivity index (χ2n) is 5.94. The second kappa shape index (κ2) is 6.92. The number of carbonyl (C=O) groups is 1. The maximum atomic E-state index is 11.7. The summed E-state index contributed by atoms with van der Waals surface area (Å²) in [5.74, 6) is -0.0939. The molecular weight excluding hydrogens is 329 g/mol. The number of ether oxygens (including phenoxy) is 1. The van der Waals surface area contributed by atoms with Crippen molar-refractivity contribution in [1.82, 2.24) is 0 Å². The van der Waals surface area contributed by atoms with Gasteiger partial charge in [-0.15, -0.1) is 0 Å². The van der Waals surface area contributed by atoms with Crippen LogP contribution in [0.25, 0.3) is 0 Å². The molecule has 0 heterocycles. The van der Waals surface area contributed by atoms with Crippen LogP contribution in [0.5, 0.6) is 0 Å². The first-order chi connectivity index (χ1) is 7.56. The third-order valence-corrected chi connectivity index (χ3v) is 5.14. The van der Waals surface area contributed by atoms with Crippen LogP contribution >= 0.6 is 0 Å². The van der Waals surface area contributed by atoms with Crippen molar-refractivity contribution in [3.63, 3.8) is 0 Å². The second-order valence-corrected chi connectivity index (χ2v) is 9.31. The summed E-state index contributed by atoms with van der Waals surface area (Å²) in [5, 5.41) is 0. The van der Waals surface area contributed by atoms with Crippen LogP contribution in [0.3, 0.4) is 0 Å². The summed E-state index contributed by atoms with van der Waals surface area (Å²) in [6, 6.07) is 0. The van der Waals surface area contributed by atoms with Crippen LogP contribution in [0, 0.1) is 0 Å². The fourth-order valence-electron chi connectivity index (χ4n) is 1.92. The first-order valence-corrected chi connectivity index (χ1v) is 9.45. The van der Waals surface area contributed by atoms with E-state index in [0.717, 1.165) is 6.42 Å². The molecule has 0 aliphatic rings. The van der Waals surface area contributed by atoms with E-state index in [2.05, 4.69) is 11.9 Å². The molecule has 0 rings (SSSR count). The Balaban J connectivity index is 4.10. The molecule has 1 atom stereocenters. The first-order valence-electron chi connectivity index (χ1n) is 6.04. The summed E-state index contributed by atoms with van der Waals surface area (Å²) in [7, 11) is 0. The third-order valence-electron chi connectivity index (χ3n) is 2.39. The SMILES string of the molecule is C[I-]C(C)CCC(=O)OC(C)(C)CC(C)(C)N. The Kier molecular flexibility index (Phi) is 6.99. The minimum atomic E-state index is -0.472. The fraction of sp³-hybridized carbons (Fsp3) is 0.923. The number of halogens is 1. The van der Waals surface area contributed by atoms with Gasteiger partial charge in [0.1, 0.15) is 0 Å². The monoisotopic (exact) mass is 356 g/mol. The van der Waals surface area contributed by atoms with Crippen molar-refractivity contribution in [2.45, 2.75) is 68.9 Å². The molecule has 0 aromatic rings. The molecule has 4 heteroatoms. The van der Waals surface area contributed by atoms with Crippen LogP contribution in [-0.2, 0) is 9.53 Å². The molecule has 0 saturated carbocycles. The third kappa shape index (κ3) is 9.83. The zero-order chi connectivity index (χ0) is 13.7. The van der Waals surface area contributed by atoms with Crippen molar-refractivity contribution in [2.24, 2.45) is 5.73 Å².